The topological polar surface area (TPSA) is 26.0 Å². The van der Waals surface area contributed by atoms with Crippen LogP contribution in [-0.2, 0) is 13.0 Å². The Bertz CT molecular complexity index is 511. The normalized spacial score (nSPS) is 11.2. The summed E-state index contributed by atoms with van der Waals surface area (Å²) in [5.74, 6) is 0. The highest BCUT2D eigenvalue weighted by Crippen LogP contribution is 2.35. The van der Waals surface area contributed by atoms with Gasteiger partial charge in [0, 0.05) is 16.1 Å². The van der Waals surface area contributed by atoms with Gasteiger partial charge in [-0.3, -0.25) is 0 Å². The molecule has 0 atom stereocenters. The molecule has 2 aromatic rings. The molecule has 86 valence electrons. The van der Waals surface area contributed by atoms with Crippen LogP contribution in [0.5, 0.6) is 0 Å². The van der Waals surface area contributed by atoms with Gasteiger partial charge in [0.1, 0.15) is 0 Å². The Morgan fingerprint density at radius 2 is 2.00 bits per heavy atom. The van der Waals surface area contributed by atoms with Crippen molar-refractivity contribution in [2.75, 3.05) is 0 Å². The first kappa shape index (κ1) is 11.6. The fraction of sp³-hybridized carbons (Fsp3) is 0.429. The molecule has 0 spiro atoms. The van der Waals surface area contributed by atoms with Gasteiger partial charge in [-0.05, 0) is 36.8 Å². The van der Waals surface area contributed by atoms with E-state index in [9.17, 15) is 0 Å². The maximum absolute atomic E-state index is 5.84. The third-order valence-electron chi connectivity index (χ3n) is 2.99. The second kappa shape index (κ2) is 4.56. The van der Waals surface area contributed by atoms with Crippen molar-refractivity contribution < 1.29 is 0 Å². The Kier molecular flexibility index (Phi) is 3.31. The van der Waals surface area contributed by atoms with E-state index in [2.05, 4.69) is 32.9 Å². The molecule has 0 saturated carbocycles. The zero-order valence-electron chi connectivity index (χ0n) is 10.3. The van der Waals surface area contributed by atoms with E-state index in [0.717, 1.165) is 6.42 Å². The van der Waals surface area contributed by atoms with Crippen LogP contribution < -0.4 is 5.73 Å². The van der Waals surface area contributed by atoms with Gasteiger partial charge in [-0.2, -0.15) is 0 Å². The molecule has 1 nitrogen and oxygen atoms in total. The second-order valence-electron chi connectivity index (χ2n) is 4.42. The fourth-order valence-electron chi connectivity index (χ4n) is 2.34. The predicted octanol–water partition coefficient (Wildman–Crippen LogP) is 3.93. The molecular weight excluding hydrogens is 214 g/mol. The Morgan fingerprint density at radius 1 is 1.25 bits per heavy atom. The Labute approximate surface area is 101 Å². The van der Waals surface area contributed by atoms with E-state index >= 15 is 0 Å². The average Bonchev–Trinajstić information content (AvgIpc) is 2.58. The summed E-state index contributed by atoms with van der Waals surface area (Å²) in [6.07, 6.45) is 2.33. The van der Waals surface area contributed by atoms with E-state index in [4.69, 9.17) is 5.73 Å². The standard InChI is InChI=1S/C14H19NS/c1-4-5-11-12-7-9(2)6-10(3)14(12)16-13(11)8-15/h6-7H,4-5,8,15H2,1-3H3. The van der Waals surface area contributed by atoms with Gasteiger partial charge < -0.3 is 5.73 Å². The molecule has 0 amide bonds. The molecule has 0 aliphatic heterocycles. The molecule has 0 unspecified atom stereocenters. The minimum Gasteiger partial charge on any atom is -0.326 e. The molecule has 1 aromatic carbocycles. The molecule has 2 N–H and O–H groups in total. The third kappa shape index (κ3) is 1.87. The minimum atomic E-state index is 0.674. The lowest BCUT2D eigenvalue weighted by Gasteiger charge is -2.02. The zero-order chi connectivity index (χ0) is 11.7. The number of aryl methyl sites for hydroxylation is 3. The SMILES string of the molecule is CCCc1c(CN)sc2c(C)cc(C)cc12. The molecule has 1 aromatic heterocycles. The third-order valence-corrected chi connectivity index (χ3v) is 4.40. The van der Waals surface area contributed by atoms with Crippen molar-refractivity contribution >= 4 is 21.4 Å². The lowest BCUT2D eigenvalue weighted by Crippen LogP contribution is -1.97. The molecule has 16 heavy (non-hydrogen) atoms. The molecule has 0 fully saturated rings. The number of nitrogens with two attached hydrogens (primary N) is 1. The predicted molar refractivity (Wildman–Crippen MR) is 73.2 cm³/mol. The van der Waals surface area contributed by atoms with E-state index < -0.39 is 0 Å². The summed E-state index contributed by atoms with van der Waals surface area (Å²) in [5.41, 5.74) is 10.1. The molecule has 0 radical (unpaired) electrons. The summed E-state index contributed by atoms with van der Waals surface area (Å²) in [7, 11) is 0. The van der Waals surface area contributed by atoms with Crippen molar-refractivity contribution in [2.24, 2.45) is 5.73 Å². The van der Waals surface area contributed by atoms with Crippen molar-refractivity contribution in [1.29, 1.82) is 0 Å². The number of benzene rings is 1. The van der Waals surface area contributed by atoms with Gasteiger partial charge >= 0.3 is 0 Å². The number of fused-ring (bicyclic) bond motifs is 1. The van der Waals surface area contributed by atoms with Gasteiger partial charge in [-0.15, -0.1) is 11.3 Å². The maximum atomic E-state index is 5.84. The van der Waals surface area contributed by atoms with Crippen LogP contribution in [0.1, 0.15) is 34.9 Å². The number of hydrogen-bond donors (Lipinski definition) is 1. The van der Waals surface area contributed by atoms with Crippen molar-refractivity contribution in [1.82, 2.24) is 0 Å². The molecule has 2 heteroatoms. The molecule has 0 saturated heterocycles. The van der Waals surface area contributed by atoms with E-state index in [-0.39, 0.29) is 0 Å². The molecule has 1 heterocycles. The van der Waals surface area contributed by atoms with Crippen LogP contribution in [0.4, 0.5) is 0 Å². The zero-order valence-corrected chi connectivity index (χ0v) is 11.1. The van der Waals surface area contributed by atoms with E-state index in [1.165, 1.54) is 38.1 Å². The number of rotatable bonds is 3. The van der Waals surface area contributed by atoms with Gasteiger partial charge in [0.2, 0.25) is 0 Å². The monoisotopic (exact) mass is 233 g/mol. The number of thiophene rings is 1. The highest BCUT2D eigenvalue weighted by atomic mass is 32.1. The van der Waals surface area contributed by atoms with Crippen LogP contribution in [0, 0.1) is 13.8 Å². The van der Waals surface area contributed by atoms with Crippen LogP contribution in [-0.4, -0.2) is 0 Å². The van der Waals surface area contributed by atoms with E-state index in [1.54, 1.807) is 0 Å². The van der Waals surface area contributed by atoms with Gasteiger partial charge in [0.25, 0.3) is 0 Å². The highest BCUT2D eigenvalue weighted by Gasteiger charge is 2.12. The van der Waals surface area contributed by atoms with Gasteiger partial charge in [-0.25, -0.2) is 0 Å². The molecular formula is C14H19NS. The summed E-state index contributed by atoms with van der Waals surface area (Å²) in [6, 6.07) is 4.57. The van der Waals surface area contributed by atoms with Crippen LogP contribution in [0.3, 0.4) is 0 Å². The first-order valence-corrected chi connectivity index (χ1v) is 6.70. The van der Waals surface area contributed by atoms with E-state index in [0.29, 0.717) is 6.54 Å². The van der Waals surface area contributed by atoms with Crippen LogP contribution in [0.2, 0.25) is 0 Å². The van der Waals surface area contributed by atoms with Gasteiger partial charge in [0.15, 0.2) is 0 Å². The summed E-state index contributed by atoms with van der Waals surface area (Å²) in [4.78, 5) is 1.37. The van der Waals surface area contributed by atoms with Crippen LogP contribution in [0.25, 0.3) is 10.1 Å². The quantitative estimate of drug-likeness (QED) is 0.854. The van der Waals surface area contributed by atoms with Crippen molar-refractivity contribution in [3.8, 4) is 0 Å². The fourth-order valence-corrected chi connectivity index (χ4v) is 3.51. The lowest BCUT2D eigenvalue weighted by atomic mass is 10.0. The highest BCUT2D eigenvalue weighted by molar-refractivity contribution is 7.19. The summed E-state index contributed by atoms with van der Waals surface area (Å²) >= 11 is 1.87. The largest absolute Gasteiger partial charge is 0.326 e. The lowest BCUT2D eigenvalue weighted by molar-refractivity contribution is 0.912. The molecule has 0 bridgehead atoms. The summed E-state index contributed by atoms with van der Waals surface area (Å²) < 4.78 is 1.43. The minimum absolute atomic E-state index is 0.674. The summed E-state index contributed by atoms with van der Waals surface area (Å²) in [5, 5.41) is 1.44. The van der Waals surface area contributed by atoms with Crippen molar-refractivity contribution in [3.63, 3.8) is 0 Å². The number of hydrogen-bond acceptors (Lipinski definition) is 2. The average molecular weight is 233 g/mol. The van der Waals surface area contributed by atoms with Crippen molar-refractivity contribution in [3.05, 3.63) is 33.7 Å². The first-order valence-electron chi connectivity index (χ1n) is 5.89. The van der Waals surface area contributed by atoms with Gasteiger partial charge in [0.05, 0.1) is 0 Å². The second-order valence-corrected chi connectivity index (χ2v) is 5.52. The smallest absolute Gasteiger partial charge is 0.0378 e. The first-order chi connectivity index (χ1) is 7.67. The van der Waals surface area contributed by atoms with Crippen LogP contribution >= 0.6 is 11.3 Å². The summed E-state index contributed by atoms with van der Waals surface area (Å²) in [6.45, 7) is 7.27. The van der Waals surface area contributed by atoms with E-state index in [1.807, 2.05) is 11.3 Å². The Morgan fingerprint density at radius 3 is 2.62 bits per heavy atom. The molecule has 2 rings (SSSR count). The Hall–Kier alpha value is -0.860. The van der Waals surface area contributed by atoms with Crippen molar-refractivity contribution in [2.45, 2.75) is 40.2 Å². The van der Waals surface area contributed by atoms with Crippen LogP contribution in [0.15, 0.2) is 12.1 Å². The molecule has 0 aliphatic rings. The maximum Gasteiger partial charge on any atom is 0.0378 e. The van der Waals surface area contributed by atoms with Gasteiger partial charge in [-0.1, -0.05) is 31.0 Å². The Balaban J connectivity index is 2.73. The molecule has 0 aliphatic carbocycles.